The first kappa shape index (κ1) is 51.5. The van der Waals surface area contributed by atoms with E-state index in [2.05, 4.69) is 5.32 Å². The molecular formula is C37H66N2O23. The maximum Gasteiger partial charge on any atom is 0.217 e. The van der Waals surface area contributed by atoms with Gasteiger partial charge < -0.3 is 120 Å². The monoisotopic (exact) mass is 906 g/mol. The number of amides is 1. The minimum Gasteiger partial charge on any atom is -0.394 e. The number of carbonyl (C=O) groups is 1. The van der Waals surface area contributed by atoms with Crippen molar-refractivity contribution in [2.45, 2.75) is 200 Å². The average Bonchev–Trinajstić information content (AvgIpc) is 3.24. The summed E-state index contributed by atoms with van der Waals surface area (Å²) in [5.41, 5.74) is 5.60. The van der Waals surface area contributed by atoms with E-state index in [-0.39, 0.29) is 6.61 Å². The van der Waals surface area contributed by atoms with Crippen molar-refractivity contribution in [1.82, 2.24) is 5.32 Å². The summed E-state index contributed by atoms with van der Waals surface area (Å²) in [4.78, 5) is 13.0. The molecule has 362 valence electrons. The third-order valence-electron chi connectivity index (χ3n) is 11.7. The van der Waals surface area contributed by atoms with Gasteiger partial charge in [0, 0.05) is 13.5 Å². The molecule has 0 bridgehead atoms. The number of hydrogen-bond donors (Lipinski definition) is 14. The zero-order valence-corrected chi connectivity index (χ0v) is 34.8. The van der Waals surface area contributed by atoms with Gasteiger partial charge in [-0.05, 0) is 46.6 Å². The topological polar surface area (TPSA) is 390 Å². The summed E-state index contributed by atoms with van der Waals surface area (Å²) in [5, 5.41) is 131. The summed E-state index contributed by atoms with van der Waals surface area (Å²) in [6, 6.07) is -1.61. The van der Waals surface area contributed by atoms with E-state index in [4.69, 9.17) is 53.1 Å². The molecule has 5 fully saturated rings. The number of unbranched alkanes of at least 4 members (excludes halogenated alkanes) is 2. The van der Waals surface area contributed by atoms with Crippen molar-refractivity contribution in [3.05, 3.63) is 0 Å². The van der Waals surface area contributed by atoms with Crippen LogP contribution in [0.4, 0.5) is 0 Å². The molecule has 0 aromatic carbocycles. The molecule has 25 nitrogen and oxygen atoms in total. The fourth-order valence-electron chi connectivity index (χ4n) is 7.98. The highest BCUT2D eigenvalue weighted by molar-refractivity contribution is 5.73. The maximum atomic E-state index is 13.0. The Morgan fingerprint density at radius 2 is 0.984 bits per heavy atom. The van der Waals surface area contributed by atoms with Gasteiger partial charge in [-0.15, -0.1) is 0 Å². The Labute approximate surface area is 357 Å². The van der Waals surface area contributed by atoms with E-state index < -0.39 is 173 Å². The van der Waals surface area contributed by atoms with Crippen molar-refractivity contribution in [3.8, 4) is 0 Å². The number of rotatable bonds is 17. The lowest BCUT2D eigenvalue weighted by molar-refractivity contribution is -0.393. The molecule has 5 heterocycles. The molecule has 0 aromatic heterocycles. The number of hydrogen-bond acceptors (Lipinski definition) is 24. The largest absolute Gasteiger partial charge is 0.394 e. The quantitative estimate of drug-likeness (QED) is 0.0603. The fourth-order valence-corrected chi connectivity index (χ4v) is 7.98. The number of aliphatic hydroxyl groups excluding tert-OH is 12. The predicted octanol–water partition coefficient (Wildman–Crippen LogP) is -7.54. The SMILES string of the molecule is CC(=O)N[C@H]1[C@H](O[C@H]2[C@H](OCCCCCN)O[C@@H](C)[C@H](O)[C@H]2O)O[C@H](CO)[C@@H](O[C@H]2O[C@H](CO)[C@@H](O)[C@H](O)[C@H]2O)[C@@H]1O[C@@H]1O[C@@H](C)[C@H](O)[C@@H](O[C@@H]2O[C@@H](C)[C@H](O)[C@@H](O)[C@H]2O)[C@H]1O. The molecule has 5 saturated heterocycles. The average molecular weight is 907 g/mol. The lowest BCUT2D eigenvalue weighted by atomic mass is 9.93. The second-order valence-corrected chi connectivity index (χ2v) is 16.3. The summed E-state index contributed by atoms with van der Waals surface area (Å²) in [7, 11) is 0. The highest BCUT2D eigenvalue weighted by Gasteiger charge is 2.57. The van der Waals surface area contributed by atoms with E-state index in [1.807, 2.05) is 0 Å². The van der Waals surface area contributed by atoms with Crippen LogP contribution in [0, 0.1) is 0 Å². The molecule has 15 N–H and O–H groups in total. The predicted molar refractivity (Wildman–Crippen MR) is 201 cm³/mol. The van der Waals surface area contributed by atoms with Crippen molar-refractivity contribution in [1.29, 1.82) is 0 Å². The van der Waals surface area contributed by atoms with Gasteiger partial charge in [-0.3, -0.25) is 4.79 Å². The molecule has 25 atom stereocenters. The number of carbonyl (C=O) groups excluding carboxylic acids is 1. The lowest BCUT2D eigenvalue weighted by Gasteiger charge is -2.51. The Bertz CT molecular complexity index is 1380. The zero-order valence-electron chi connectivity index (χ0n) is 34.8. The highest BCUT2D eigenvalue weighted by Crippen LogP contribution is 2.37. The van der Waals surface area contributed by atoms with Crippen LogP contribution in [0.5, 0.6) is 0 Å². The second-order valence-electron chi connectivity index (χ2n) is 16.3. The number of nitrogens with two attached hydrogens (primary N) is 1. The van der Waals surface area contributed by atoms with Crippen molar-refractivity contribution in [2.24, 2.45) is 5.73 Å². The number of nitrogens with one attached hydrogen (secondary N) is 1. The first-order valence-corrected chi connectivity index (χ1v) is 20.8. The van der Waals surface area contributed by atoms with Crippen LogP contribution < -0.4 is 11.1 Å². The molecule has 0 aromatic rings. The highest BCUT2D eigenvalue weighted by atomic mass is 16.8. The molecule has 5 rings (SSSR count). The molecule has 62 heavy (non-hydrogen) atoms. The molecule has 5 aliphatic rings. The molecule has 5 aliphatic heterocycles. The van der Waals surface area contributed by atoms with Crippen molar-refractivity contribution in [2.75, 3.05) is 26.4 Å². The lowest BCUT2D eigenvalue weighted by Crippen LogP contribution is -2.71. The molecule has 25 heteroatoms. The summed E-state index contributed by atoms with van der Waals surface area (Å²) in [5.74, 6) is -0.745. The minimum atomic E-state index is -2.00. The van der Waals surface area contributed by atoms with Crippen molar-refractivity contribution < 1.29 is 113 Å². The van der Waals surface area contributed by atoms with Crippen LogP contribution in [0.25, 0.3) is 0 Å². The summed E-state index contributed by atoms with van der Waals surface area (Å²) in [6.45, 7) is 4.15. The first-order chi connectivity index (χ1) is 29.3. The van der Waals surface area contributed by atoms with Gasteiger partial charge in [-0.1, -0.05) is 0 Å². The third kappa shape index (κ3) is 11.6. The number of ether oxygens (including phenoxy) is 10. The van der Waals surface area contributed by atoms with Gasteiger partial charge in [-0.2, -0.15) is 0 Å². The van der Waals surface area contributed by atoms with Crippen LogP contribution in [0.1, 0.15) is 47.0 Å². The second kappa shape index (κ2) is 22.8. The molecule has 1 amide bonds. The van der Waals surface area contributed by atoms with Crippen LogP contribution in [0.15, 0.2) is 0 Å². The third-order valence-corrected chi connectivity index (χ3v) is 11.7. The van der Waals surface area contributed by atoms with E-state index in [1.54, 1.807) is 0 Å². The molecule has 0 unspecified atom stereocenters. The first-order valence-electron chi connectivity index (χ1n) is 20.8. The zero-order chi connectivity index (χ0) is 45.7. The summed E-state index contributed by atoms with van der Waals surface area (Å²) < 4.78 is 59.4. The normalized spacial score (nSPS) is 49.1. The van der Waals surface area contributed by atoms with Gasteiger partial charge in [0.25, 0.3) is 0 Å². The van der Waals surface area contributed by atoms with Gasteiger partial charge in [0.2, 0.25) is 5.91 Å². The van der Waals surface area contributed by atoms with E-state index in [0.29, 0.717) is 25.8 Å². The molecular weight excluding hydrogens is 840 g/mol. The Hall–Kier alpha value is -1.45. The van der Waals surface area contributed by atoms with Gasteiger partial charge in [-0.25, -0.2) is 0 Å². The van der Waals surface area contributed by atoms with E-state index in [0.717, 1.165) is 6.92 Å². The van der Waals surface area contributed by atoms with Crippen LogP contribution >= 0.6 is 0 Å². The number of aliphatic hydroxyl groups is 12. The Balaban J connectivity index is 1.51. The summed E-state index contributed by atoms with van der Waals surface area (Å²) in [6.07, 6.45) is -37.3. The Morgan fingerprint density at radius 3 is 1.58 bits per heavy atom. The summed E-state index contributed by atoms with van der Waals surface area (Å²) >= 11 is 0. The fraction of sp³-hybridized carbons (Fsp3) is 0.973. The van der Waals surface area contributed by atoms with E-state index >= 15 is 0 Å². The van der Waals surface area contributed by atoms with Gasteiger partial charge in [0.15, 0.2) is 31.5 Å². The van der Waals surface area contributed by atoms with E-state index in [9.17, 15) is 66.1 Å². The standard InChI is InChI=1S/C37H66N2O23/c1-12-19(43)23(47)26(50)34(54-12)61-31-21(45)14(3)55-36(28(31)52)60-30-18(39-15(4)42)33(62-32-25(49)20(44)13(2)56-37(32)53-9-7-5-6-8-38)58-17(11-41)29(30)59-35-27(51)24(48)22(46)16(10-40)57-35/h12-14,16-37,40-41,43-52H,5-11,38H2,1-4H3,(H,39,42)/t12-,13-,14-,16+,17+,18+,19-,20-,21-,22+,23+,24-,25+,26+,27+,28+,29+,30+,31+,32+,33-,34-,35+,36-,37+/m0/s1. The van der Waals surface area contributed by atoms with Crippen molar-refractivity contribution in [3.63, 3.8) is 0 Å². The molecule has 0 saturated carbocycles. The van der Waals surface area contributed by atoms with Crippen LogP contribution in [-0.4, -0.2) is 247 Å². The minimum absolute atomic E-state index is 0.117. The molecule has 0 aliphatic carbocycles. The molecule has 0 radical (unpaired) electrons. The van der Waals surface area contributed by atoms with Gasteiger partial charge in [0.05, 0.1) is 31.5 Å². The van der Waals surface area contributed by atoms with Crippen LogP contribution in [0.3, 0.4) is 0 Å². The molecule has 0 spiro atoms. The van der Waals surface area contributed by atoms with E-state index in [1.165, 1.54) is 20.8 Å². The van der Waals surface area contributed by atoms with Crippen LogP contribution in [-0.2, 0) is 52.2 Å². The maximum absolute atomic E-state index is 13.0. The van der Waals surface area contributed by atoms with Crippen molar-refractivity contribution >= 4 is 5.91 Å². The Morgan fingerprint density at radius 1 is 0.500 bits per heavy atom. The smallest absolute Gasteiger partial charge is 0.217 e. The van der Waals surface area contributed by atoms with Crippen LogP contribution in [0.2, 0.25) is 0 Å². The Kier molecular flexibility index (Phi) is 19.0. The van der Waals surface area contributed by atoms with Gasteiger partial charge in [0.1, 0.15) is 104 Å². The van der Waals surface area contributed by atoms with Gasteiger partial charge >= 0.3 is 0 Å².